The summed E-state index contributed by atoms with van der Waals surface area (Å²) in [4.78, 5) is 36.7. The van der Waals surface area contributed by atoms with Gasteiger partial charge in [-0.15, -0.1) is 0 Å². The van der Waals surface area contributed by atoms with Gasteiger partial charge in [0.1, 0.15) is 6.54 Å². The van der Waals surface area contributed by atoms with Gasteiger partial charge in [-0.3, -0.25) is 14.4 Å². The number of para-hydroxylation sites is 1. The van der Waals surface area contributed by atoms with Gasteiger partial charge >= 0.3 is 12.1 Å². The lowest BCUT2D eigenvalue weighted by Gasteiger charge is -2.16. The minimum absolute atomic E-state index is 0.0517. The van der Waals surface area contributed by atoms with Crippen molar-refractivity contribution in [1.82, 2.24) is 5.32 Å². The van der Waals surface area contributed by atoms with Crippen LogP contribution in [0.5, 0.6) is 0 Å². The second-order valence-electron chi connectivity index (χ2n) is 7.29. The highest BCUT2D eigenvalue weighted by molar-refractivity contribution is 5.99. The summed E-state index contributed by atoms with van der Waals surface area (Å²) in [6.07, 6.45) is -5.67. The standard InChI is InChI=1S/C25H21F3N2O4/c1-16(23(32)30-21-10-6-5-9-20(21)17-7-3-2-4-8-17)34-22(31)15-29-24(33)18-11-13-19(14-12-18)25(26,27)28/h2-14,16H,15H2,1H3,(H,29,33)(H,30,32). The fourth-order valence-electron chi connectivity index (χ4n) is 3.05. The lowest BCUT2D eigenvalue weighted by Crippen LogP contribution is -2.35. The minimum Gasteiger partial charge on any atom is -0.451 e. The van der Waals surface area contributed by atoms with Crippen LogP contribution in [0.2, 0.25) is 0 Å². The number of carbonyl (C=O) groups excluding carboxylic acids is 3. The van der Waals surface area contributed by atoms with Crippen molar-refractivity contribution in [1.29, 1.82) is 0 Å². The van der Waals surface area contributed by atoms with E-state index in [1.807, 2.05) is 42.5 Å². The predicted octanol–water partition coefficient (Wildman–Crippen LogP) is 4.67. The Morgan fingerprint density at radius 3 is 2.15 bits per heavy atom. The molecular weight excluding hydrogens is 449 g/mol. The van der Waals surface area contributed by atoms with E-state index in [0.29, 0.717) is 5.69 Å². The minimum atomic E-state index is -4.52. The number of rotatable bonds is 7. The number of hydrogen-bond donors (Lipinski definition) is 2. The maximum atomic E-state index is 12.6. The molecule has 0 aliphatic carbocycles. The number of nitrogens with one attached hydrogen (secondary N) is 2. The molecule has 1 unspecified atom stereocenters. The van der Waals surface area contributed by atoms with Gasteiger partial charge in [0.2, 0.25) is 0 Å². The molecular formula is C25H21F3N2O4. The summed E-state index contributed by atoms with van der Waals surface area (Å²) < 4.78 is 42.9. The molecule has 0 aliphatic heterocycles. The molecule has 0 radical (unpaired) electrons. The normalized spacial score (nSPS) is 11.9. The molecule has 2 amide bonds. The summed E-state index contributed by atoms with van der Waals surface area (Å²) in [5.41, 5.74) is 1.28. The highest BCUT2D eigenvalue weighted by Crippen LogP contribution is 2.29. The third-order valence-electron chi connectivity index (χ3n) is 4.81. The van der Waals surface area contributed by atoms with Gasteiger partial charge in [-0.05, 0) is 42.8 Å². The first kappa shape index (κ1) is 24.5. The van der Waals surface area contributed by atoms with Crippen LogP contribution in [0.1, 0.15) is 22.8 Å². The summed E-state index contributed by atoms with van der Waals surface area (Å²) >= 11 is 0. The summed E-state index contributed by atoms with van der Waals surface area (Å²) in [7, 11) is 0. The molecule has 0 bridgehead atoms. The highest BCUT2D eigenvalue weighted by Gasteiger charge is 2.30. The fourth-order valence-corrected chi connectivity index (χ4v) is 3.05. The van der Waals surface area contributed by atoms with E-state index in [2.05, 4.69) is 10.6 Å². The molecule has 2 N–H and O–H groups in total. The van der Waals surface area contributed by atoms with E-state index in [1.54, 1.807) is 12.1 Å². The average Bonchev–Trinajstić information content (AvgIpc) is 2.83. The molecule has 0 aromatic heterocycles. The van der Waals surface area contributed by atoms with Gasteiger partial charge in [0.05, 0.1) is 5.56 Å². The fraction of sp³-hybridized carbons (Fsp3) is 0.160. The first-order chi connectivity index (χ1) is 16.1. The Bertz CT molecular complexity index is 1160. The molecule has 0 spiro atoms. The van der Waals surface area contributed by atoms with Crippen LogP contribution in [-0.2, 0) is 20.5 Å². The maximum absolute atomic E-state index is 12.6. The van der Waals surface area contributed by atoms with Gasteiger partial charge in [0, 0.05) is 16.8 Å². The van der Waals surface area contributed by atoms with E-state index in [1.165, 1.54) is 6.92 Å². The number of alkyl halides is 3. The summed E-state index contributed by atoms with van der Waals surface area (Å²) in [5.74, 6) is -2.19. The second kappa shape index (κ2) is 10.7. The van der Waals surface area contributed by atoms with E-state index in [9.17, 15) is 27.6 Å². The molecule has 176 valence electrons. The molecule has 34 heavy (non-hydrogen) atoms. The average molecular weight is 470 g/mol. The van der Waals surface area contributed by atoms with Crippen molar-refractivity contribution in [2.45, 2.75) is 19.2 Å². The number of esters is 1. The summed E-state index contributed by atoms with van der Waals surface area (Å²) in [6.45, 7) is 0.828. The van der Waals surface area contributed by atoms with Crippen molar-refractivity contribution in [3.8, 4) is 11.1 Å². The quantitative estimate of drug-likeness (QED) is 0.492. The molecule has 3 aromatic rings. The monoisotopic (exact) mass is 470 g/mol. The number of amides is 2. The second-order valence-corrected chi connectivity index (χ2v) is 7.29. The summed E-state index contributed by atoms with van der Waals surface area (Å²) in [5, 5.41) is 4.98. The maximum Gasteiger partial charge on any atom is 0.416 e. The largest absolute Gasteiger partial charge is 0.451 e. The van der Waals surface area contributed by atoms with Crippen LogP contribution in [0.25, 0.3) is 11.1 Å². The number of anilines is 1. The Kier molecular flexibility index (Phi) is 7.68. The Labute approximate surface area is 193 Å². The molecule has 0 aliphatic rings. The third kappa shape index (κ3) is 6.44. The molecule has 1 atom stereocenters. The van der Waals surface area contributed by atoms with Gasteiger partial charge in [-0.1, -0.05) is 48.5 Å². The SMILES string of the molecule is CC(OC(=O)CNC(=O)c1ccc(C(F)(F)F)cc1)C(=O)Nc1ccccc1-c1ccccc1. The molecule has 3 rings (SSSR count). The topological polar surface area (TPSA) is 84.5 Å². The Morgan fingerprint density at radius 2 is 1.50 bits per heavy atom. The molecule has 6 nitrogen and oxygen atoms in total. The Balaban J connectivity index is 1.53. The van der Waals surface area contributed by atoms with E-state index in [0.717, 1.165) is 35.4 Å². The van der Waals surface area contributed by atoms with Crippen LogP contribution in [0, 0.1) is 0 Å². The molecule has 0 fully saturated rings. The van der Waals surface area contributed by atoms with Gasteiger partial charge in [-0.2, -0.15) is 13.2 Å². The molecule has 3 aromatic carbocycles. The van der Waals surface area contributed by atoms with Crippen LogP contribution in [0.15, 0.2) is 78.9 Å². The van der Waals surface area contributed by atoms with Crippen molar-refractivity contribution < 1.29 is 32.3 Å². The zero-order valence-corrected chi connectivity index (χ0v) is 18.1. The zero-order valence-electron chi connectivity index (χ0n) is 18.1. The lowest BCUT2D eigenvalue weighted by atomic mass is 10.0. The van der Waals surface area contributed by atoms with Crippen LogP contribution in [-0.4, -0.2) is 30.4 Å². The Hall–Kier alpha value is -4.14. The number of ether oxygens (including phenoxy) is 1. The van der Waals surface area contributed by atoms with Gasteiger partial charge in [0.15, 0.2) is 6.10 Å². The van der Waals surface area contributed by atoms with Crippen molar-refractivity contribution >= 4 is 23.5 Å². The molecule has 9 heteroatoms. The third-order valence-corrected chi connectivity index (χ3v) is 4.81. The van der Waals surface area contributed by atoms with Crippen LogP contribution in [0.3, 0.4) is 0 Å². The van der Waals surface area contributed by atoms with Crippen molar-refractivity contribution in [3.63, 3.8) is 0 Å². The lowest BCUT2D eigenvalue weighted by molar-refractivity contribution is -0.152. The number of carbonyl (C=O) groups is 3. The van der Waals surface area contributed by atoms with Gasteiger partial charge in [0.25, 0.3) is 11.8 Å². The van der Waals surface area contributed by atoms with E-state index in [-0.39, 0.29) is 5.56 Å². The van der Waals surface area contributed by atoms with Crippen LogP contribution >= 0.6 is 0 Å². The van der Waals surface area contributed by atoms with Crippen LogP contribution in [0.4, 0.5) is 18.9 Å². The van der Waals surface area contributed by atoms with E-state index >= 15 is 0 Å². The zero-order chi connectivity index (χ0) is 24.7. The summed E-state index contributed by atoms with van der Waals surface area (Å²) in [6, 6.07) is 20.1. The first-order valence-corrected chi connectivity index (χ1v) is 10.3. The van der Waals surface area contributed by atoms with Crippen molar-refractivity contribution in [2.24, 2.45) is 0 Å². The Morgan fingerprint density at radius 1 is 0.882 bits per heavy atom. The van der Waals surface area contributed by atoms with E-state index in [4.69, 9.17) is 4.74 Å². The van der Waals surface area contributed by atoms with E-state index < -0.39 is 42.2 Å². The van der Waals surface area contributed by atoms with Crippen molar-refractivity contribution in [2.75, 3.05) is 11.9 Å². The van der Waals surface area contributed by atoms with Gasteiger partial charge in [-0.25, -0.2) is 0 Å². The molecule has 0 saturated carbocycles. The highest BCUT2D eigenvalue weighted by atomic mass is 19.4. The smallest absolute Gasteiger partial charge is 0.416 e. The van der Waals surface area contributed by atoms with Gasteiger partial charge < -0.3 is 15.4 Å². The van der Waals surface area contributed by atoms with Crippen molar-refractivity contribution in [3.05, 3.63) is 90.0 Å². The number of halogens is 3. The molecule has 0 heterocycles. The molecule has 0 saturated heterocycles. The number of benzene rings is 3. The van der Waals surface area contributed by atoms with Crippen LogP contribution < -0.4 is 10.6 Å². The predicted molar refractivity (Wildman–Crippen MR) is 120 cm³/mol. The number of hydrogen-bond acceptors (Lipinski definition) is 4. The first-order valence-electron chi connectivity index (χ1n) is 10.3.